The molecule has 0 spiro atoms. The Labute approximate surface area is 366 Å². The molecule has 0 radical (unpaired) electrons. The van der Waals surface area contributed by atoms with E-state index in [-0.39, 0.29) is 0 Å². The molecule has 0 atom stereocenters. The van der Waals surface area contributed by atoms with Crippen molar-refractivity contribution < 1.29 is 0 Å². The normalized spacial score (nSPS) is 11.8. The second-order valence-electron chi connectivity index (χ2n) is 16.0. The third-order valence-corrected chi connectivity index (χ3v) is 13.6. The number of hydrogen-bond acceptors (Lipinski definition) is 4. The Bertz CT molecular complexity index is 3830. The van der Waals surface area contributed by atoms with Gasteiger partial charge in [0.15, 0.2) is 17.5 Å². The van der Waals surface area contributed by atoms with Crippen LogP contribution in [0.25, 0.3) is 120 Å². The van der Waals surface area contributed by atoms with Gasteiger partial charge < -0.3 is 9.13 Å². The Kier molecular flexibility index (Phi) is 8.01. The van der Waals surface area contributed by atoms with E-state index in [1.807, 2.05) is 35.6 Å². The maximum atomic E-state index is 5.15. The minimum absolute atomic E-state index is 0.642. The molecule has 13 rings (SSSR count). The van der Waals surface area contributed by atoms with Crippen LogP contribution in [0.4, 0.5) is 0 Å². The molecule has 9 aromatic carbocycles. The Balaban J connectivity index is 1.02. The SMILES string of the molecule is c1ccc(-c2ccc(-c3nc(-c4ccccc4)nc(-c4ccc5c(c4)sc4c5ccc5c6cccc(-n7c8ccccc8c8ccccc87)c6n(-c6ccccc6)c54)n3)cc2)cc1. The van der Waals surface area contributed by atoms with E-state index in [0.29, 0.717) is 17.5 Å². The van der Waals surface area contributed by atoms with Crippen LogP contribution < -0.4 is 0 Å². The average molecular weight is 822 g/mol. The molecule has 0 bridgehead atoms. The van der Waals surface area contributed by atoms with E-state index in [0.717, 1.165) is 33.6 Å². The lowest BCUT2D eigenvalue weighted by Crippen LogP contribution is -2.00. The van der Waals surface area contributed by atoms with Crippen molar-refractivity contribution in [2.75, 3.05) is 0 Å². The van der Waals surface area contributed by atoms with Crippen LogP contribution in [-0.2, 0) is 0 Å². The fourth-order valence-electron chi connectivity index (χ4n) is 9.49. The van der Waals surface area contributed by atoms with Crippen molar-refractivity contribution in [1.29, 1.82) is 0 Å². The Morgan fingerprint density at radius 1 is 0.317 bits per heavy atom. The first kappa shape index (κ1) is 35.6. The second-order valence-corrected chi connectivity index (χ2v) is 17.0. The van der Waals surface area contributed by atoms with Gasteiger partial charge in [-0.1, -0.05) is 176 Å². The highest BCUT2D eigenvalue weighted by Crippen LogP contribution is 2.46. The molecule has 0 amide bonds. The van der Waals surface area contributed by atoms with Gasteiger partial charge in [0.2, 0.25) is 0 Å². The van der Waals surface area contributed by atoms with E-state index < -0.39 is 0 Å². The van der Waals surface area contributed by atoms with Gasteiger partial charge in [-0.2, -0.15) is 0 Å². The molecule has 13 aromatic rings. The van der Waals surface area contributed by atoms with Crippen molar-refractivity contribution in [2.24, 2.45) is 0 Å². The van der Waals surface area contributed by atoms with Crippen molar-refractivity contribution >= 4 is 75.1 Å². The van der Waals surface area contributed by atoms with E-state index in [1.54, 1.807) is 0 Å². The largest absolute Gasteiger partial charge is 0.307 e. The van der Waals surface area contributed by atoms with Crippen LogP contribution in [0.2, 0.25) is 0 Å². The van der Waals surface area contributed by atoms with Gasteiger partial charge in [0.25, 0.3) is 0 Å². The summed E-state index contributed by atoms with van der Waals surface area (Å²) in [7, 11) is 0. The average Bonchev–Trinajstić information content (AvgIpc) is 4.02. The zero-order valence-corrected chi connectivity index (χ0v) is 34.7. The van der Waals surface area contributed by atoms with Crippen LogP contribution in [-0.4, -0.2) is 24.1 Å². The first-order chi connectivity index (χ1) is 31.2. The molecule has 0 saturated heterocycles. The summed E-state index contributed by atoms with van der Waals surface area (Å²) in [4.78, 5) is 15.3. The number of thiophene rings is 1. The predicted molar refractivity (Wildman–Crippen MR) is 263 cm³/mol. The third-order valence-electron chi connectivity index (χ3n) is 12.4. The fraction of sp³-hybridized carbons (Fsp3) is 0. The van der Waals surface area contributed by atoms with Gasteiger partial charge in [-0.05, 0) is 47.5 Å². The Morgan fingerprint density at radius 2 is 0.794 bits per heavy atom. The summed E-state index contributed by atoms with van der Waals surface area (Å²) in [6, 6.07) is 75.5. The molecule has 6 heteroatoms. The molecule has 4 aromatic heterocycles. The molecular weight excluding hydrogens is 787 g/mol. The molecule has 0 aliphatic carbocycles. The highest BCUT2D eigenvalue weighted by Gasteiger charge is 2.23. The number of hydrogen-bond donors (Lipinski definition) is 0. The molecule has 0 aliphatic heterocycles. The first-order valence-corrected chi connectivity index (χ1v) is 22.0. The summed E-state index contributed by atoms with van der Waals surface area (Å²) >= 11 is 1.83. The number of fused-ring (bicyclic) bond motifs is 10. The second kappa shape index (κ2) is 14.2. The predicted octanol–water partition coefficient (Wildman–Crippen LogP) is 15.1. The van der Waals surface area contributed by atoms with Crippen LogP contribution >= 0.6 is 11.3 Å². The van der Waals surface area contributed by atoms with Gasteiger partial charge in [0.1, 0.15) is 0 Å². The molecule has 0 aliphatic rings. The maximum absolute atomic E-state index is 5.15. The Morgan fingerprint density at radius 3 is 1.48 bits per heavy atom. The monoisotopic (exact) mass is 821 g/mol. The summed E-state index contributed by atoms with van der Waals surface area (Å²) in [6.45, 7) is 0. The van der Waals surface area contributed by atoms with E-state index in [4.69, 9.17) is 15.0 Å². The molecule has 294 valence electrons. The minimum atomic E-state index is 0.642. The topological polar surface area (TPSA) is 48.5 Å². The van der Waals surface area contributed by atoms with Crippen molar-refractivity contribution in [3.05, 3.63) is 212 Å². The van der Waals surface area contributed by atoms with Crippen LogP contribution in [0.15, 0.2) is 212 Å². The lowest BCUT2D eigenvalue weighted by Gasteiger charge is -2.14. The molecule has 0 fully saturated rings. The number of nitrogens with zero attached hydrogens (tertiary/aromatic N) is 5. The van der Waals surface area contributed by atoms with Gasteiger partial charge in [-0.15, -0.1) is 11.3 Å². The van der Waals surface area contributed by atoms with Crippen LogP contribution in [0.3, 0.4) is 0 Å². The van der Waals surface area contributed by atoms with Gasteiger partial charge in [-0.3, -0.25) is 0 Å². The Hall–Kier alpha value is -8.19. The van der Waals surface area contributed by atoms with E-state index in [1.165, 1.54) is 69.3 Å². The van der Waals surface area contributed by atoms with Gasteiger partial charge in [0, 0.05) is 59.4 Å². The highest BCUT2D eigenvalue weighted by atomic mass is 32.1. The van der Waals surface area contributed by atoms with Gasteiger partial charge in [-0.25, -0.2) is 15.0 Å². The van der Waals surface area contributed by atoms with Crippen molar-refractivity contribution in [2.45, 2.75) is 0 Å². The highest BCUT2D eigenvalue weighted by molar-refractivity contribution is 7.26. The van der Waals surface area contributed by atoms with Crippen LogP contribution in [0.1, 0.15) is 0 Å². The molecule has 4 heterocycles. The van der Waals surface area contributed by atoms with Crippen molar-refractivity contribution in [3.8, 4) is 56.7 Å². The lowest BCUT2D eigenvalue weighted by molar-refractivity contribution is 1.07. The smallest absolute Gasteiger partial charge is 0.164 e. The molecule has 0 saturated carbocycles. The molecular formula is C57H35N5S. The standard InChI is InChI=1S/C57H35N5S/c1-4-15-36(16-5-1)37-27-29-39(30-28-37)56-58-55(38-17-6-2-7-18-38)59-57(60-56)40-31-32-44-47-34-33-46-45-23-14-26-50(62-48-24-12-10-21-42(48)43-22-11-13-25-49(43)62)52(45)61(41-19-8-3-9-20-41)53(46)54(47)63-51(44)35-40/h1-35H. The lowest BCUT2D eigenvalue weighted by atomic mass is 10.0. The summed E-state index contributed by atoms with van der Waals surface area (Å²) in [6.07, 6.45) is 0. The number of para-hydroxylation sites is 4. The van der Waals surface area contributed by atoms with E-state index in [9.17, 15) is 0 Å². The minimum Gasteiger partial charge on any atom is -0.307 e. The van der Waals surface area contributed by atoms with Crippen molar-refractivity contribution in [1.82, 2.24) is 24.1 Å². The number of rotatable bonds is 6. The maximum Gasteiger partial charge on any atom is 0.164 e. The summed E-state index contributed by atoms with van der Waals surface area (Å²) in [5.41, 5.74) is 12.2. The van der Waals surface area contributed by atoms with E-state index in [2.05, 4.69) is 197 Å². The van der Waals surface area contributed by atoms with Gasteiger partial charge >= 0.3 is 0 Å². The van der Waals surface area contributed by atoms with Crippen molar-refractivity contribution in [3.63, 3.8) is 0 Å². The van der Waals surface area contributed by atoms with Crippen LogP contribution in [0.5, 0.6) is 0 Å². The van der Waals surface area contributed by atoms with Crippen LogP contribution in [0, 0.1) is 0 Å². The zero-order chi connectivity index (χ0) is 41.4. The summed E-state index contributed by atoms with van der Waals surface area (Å²) < 4.78 is 7.37. The fourth-order valence-corrected chi connectivity index (χ4v) is 10.8. The number of aromatic nitrogens is 5. The van der Waals surface area contributed by atoms with Gasteiger partial charge in [0.05, 0.1) is 32.5 Å². The third kappa shape index (κ3) is 5.66. The summed E-state index contributed by atoms with van der Waals surface area (Å²) in [5, 5.41) is 7.38. The molecule has 63 heavy (non-hydrogen) atoms. The number of benzene rings is 9. The zero-order valence-electron chi connectivity index (χ0n) is 33.9. The van der Waals surface area contributed by atoms with E-state index >= 15 is 0 Å². The molecule has 0 unspecified atom stereocenters. The molecule has 0 N–H and O–H groups in total. The quantitative estimate of drug-likeness (QED) is 0.168. The molecule has 5 nitrogen and oxygen atoms in total. The first-order valence-electron chi connectivity index (χ1n) is 21.2. The summed E-state index contributed by atoms with van der Waals surface area (Å²) in [5.74, 6) is 1.93.